The number of hydrogen-bond donors (Lipinski definition) is 1. The number of nitrogens with zero attached hydrogens (tertiary/aromatic N) is 4. The van der Waals surface area contributed by atoms with Crippen LogP contribution in [0.2, 0.25) is 0 Å². The molecule has 9 heteroatoms. The first-order chi connectivity index (χ1) is 13.1. The second-order valence-corrected chi connectivity index (χ2v) is 5.55. The van der Waals surface area contributed by atoms with Crippen LogP contribution in [0.25, 0.3) is 11.1 Å². The second-order valence-electron chi connectivity index (χ2n) is 5.55. The van der Waals surface area contributed by atoms with E-state index >= 15 is 0 Å². The molecule has 7 nitrogen and oxygen atoms in total. The Bertz CT molecular complexity index is 902. The third kappa shape index (κ3) is 4.76. The molecular weight excluding hydrogens is 358 g/mol. The number of rotatable bonds is 8. The lowest BCUT2D eigenvalue weighted by molar-refractivity contribution is -0.0524. The summed E-state index contributed by atoms with van der Waals surface area (Å²) in [5.41, 5.74) is 1.76. The second kappa shape index (κ2) is 8.54. The SMILES string of the molecule is CCOc1cccc(-c2cc(Cn3cnc(CO)n3)cnc2OC(F)F)c1. The zero-order valence-corrected chi connectivity index (χ0v) is 14.5. The molecule has 0 aliphatic heterocycles. The lowest BCUT2D eigenvalue weighted by atomic mass is 10.0. The molecule has 0 atom stereocenters. The largest absolute Gasteiger partial charge is 0.494 e. The van der Waals surface area contributed by atoms with Gasteiger partial charge in [-0.25, -0.2) is 14.6 Å². The summed E-state index contributed by atoms with van der Waals surface area (Å²) in [5, 5.41) is 13.1. The Morgan fingerprint density at radius 2 is 2.07 bits per heavy atom. The van der Waals surface area contributed by atoms with Crippen LogP contribution in [0, 0.1) is 0 Å². The molecular formula is C18H18F2N4O3. The zero-order valence-electron chi connectivity index (χ0n) is 14.5. The van der Waals surface area contributed by atoms with Crippen molar-refractivity contribution < 1.29 is 23.4 Å². The van der Waals surface area contributed by atoms with Gasteiger partial charge in [-0.05, 0) is 36.2 Å². The number of pyridine rings is 1. The Morgan fingerprint density at radius 1 is 1.22 bits per heavy atom. The quantitative estimate of drug-likeness (QED) is 0.651. The number of ether oxygens (including phenoxy) is 2. The smallest absolute Gasteiger partial charge is 0.388 e. The molecule has 0 aliphatic rings. The van der Waals surface area contributed by atoms with Gasteiger partial charge in [0.05, 0.1) is 13.2 Å². The number of aliphatic hydroxyl groups excluding tert-OH is 1. The Kier molecular flexibility index (Phi) is 5.92. The standard InChI is InChI=1S/C18H18F2N4O3/c1-2-26-14-5-3-4-13(7-14)15-6-12(8-21-17(15)27-18(19)20)9-24-11-22-16(10-25)23-24/h3-8,11,18,25H,2,9-10H2,1H3. The van der Waals surface area contributed by atoms with Gasteiger partial charge in [-0.2, -0.15) is 13.9 Å². The summed E-state index contributed by atoms with van der Waals surface area (Å²) in [6.07, 6.45) is 2.92. The van der Waals surface area contributed by atoms with Crippen molar-refractivity contribution in [2.24, 2.45) is 0 Å². The molecule has 1 N–H and O–H groups in total. The molecule has 3 rings (SSSR count). The fourth-order valence-corrected chi connectivity index (χ4v) is 2.56. The highest BCUT2D eigenvalue weighted by Gasteiger charge is 2.15. The van der Waals surface area contributed by atoms with Gasteiger partial charge in [-0.1, -0.05) is 12.1 Å². The molecule has 0 spiro atoms. The number of aromatic nitrogens is 4. The predicted octanol–water partition coefficient (Wildman–Crippen LogP) is 2.88. The van der Waals surface area contributed by atoms with E-state index in [-0.39, 0.29) is 12.5 Å². The van der Waals surface area contributed by atoms with Crippen molar-refractivity contribution in [3.8, 4) is 22.8 Å². The van der Waals surface area contributed by atoms with E-state index in [1.54, 1.807) is 30.3 Å². The van der Waals surface area contributed by atoms with Crippen LogP contribution in [0.3, 0.4) is 0 Å². The van der Waals surface area contributed by atoms with E-state index in [9.17, 15) is 8.78 Å². The van der Waals surface area contributed by atoms with Crippen LogP contribution >= 0.6 is 0 Å². The van der Waals surface area contributed by atoms with E-state index in [0.717, 1.165) is 0 Å². The number of benzene rings is 1. The fourth-order valence-electron chi connectivity index (χ4n) is 2.56. The summed E-state index contributed by atoms with van der Waals surface area (Å²) >= 11 is 0. The number of hydrogen-bond acceptors (Lipinski definition) is 6. The van der Waals surface area contributed by atoms with Gasteiger partial charge in [0.2, 0.25) is 5.88 Å². The van der Waals surface area contributed by atoms with Gasteiger partial charge in [0.25, 0.3) is 0 Å². The highest BCUT2D eigenvalue weighted by molar-refractivity contribution is 5.70. The van der Waals surface area contributed by atoms with Crippen molar-refractivity contribution in [2.75, 3.05) is 6.61 Å². The first-order valence-electron chi connectivity index (χ1n) is 8.25. The topological polar surface area (TPSA) is 82.3 Å². The minimum Gasteiger partial charge on any atom is -0.494 e. The maximum atomic E-state index is 12.8. The Hall–Kier alpha value is -3.07. The average molecular weight is 376 g/mol. The molecule has 0 unspecified atom stereocenters. The van der Waals surface area contributed by atoms with Crippen LogP contribution in [0.4, 0.5) is 8.78 Å². The molecule has 0 bridgehead atoms. The van der Waals surface area contributed by atoms with E-state index in [0.29, 0.717) is 41.4 Å². The van der Waals surface area contributed by atoms with Gasteiger partial charge in [0, 0.05) is 11.8 Å². The first kappa shape index (κ1) is 18.7. The first-order valence-corrected chi connectivity index (χ1v) is 8.25. The van der Waals surface area contributed by atoms with Crippen molar-refractivity contribution in [1.82, 2.24) is 19.7 Å². The summed E-state index contributed by atoms with van der Waals surface area (Å²) in [6.45, 7) is -0.588. The van der Waals surface area contributed by atoms with Gasteiger partial charge < -0.3 is 14.6 Å². The number of aliphatic hydroxyl groups is 1. The van der Waals surface area contributed by atoms with Crippen molar-refractivity contribution >= 4 is 0 Å². The molecule has 0 fully saturated rings. The average Bonchev–Trinajstić information content (AvgIpc) is 3.11. The minimum absolute atomic E-state index is 0.169. The lowest BCUT2D eigenvalue weighted by Crippen LogP contribution is -2.07. The molecule has 2 heterocycles. The van der Waals surface area contributed by atoms with Gasteiger partial charge in [-0.15, -0.1) is 0 Å². The van der Waals surface area contributed by atoms with Gasteiger partial charge in [0.1, 0.15) is 18.7 Å². The van der Waals surface area contributed by atoms with E-state index in [4.69, 9.17) is 9.84 Å². The molecule has 0 aliphatic carbocycles. The predicted molar refractivity (Wildman–Crippen MR) is 92.5 cm³/mol. The summed E-state index contributed by atoms with van der Waals surface area (Å²) in [5.74, 6) is 0.745. The van der Waals surface area contributed by atoms with Crippen LogP contribution in [-0.2, 0) is 13.2 Å². The van der Waals surface area contributed by atoms with Crippen molar-refractivity contribution in [2.45, 2.75) is 26.7 Å². The van der Waals surface area contributed by atoms with Crippen LogP contribution in [0.1, 0.15) is 18.3 Å². The maximum absolute atomic E-state index is 12.8. The van der Waals surface area contributed by atoms with E-state index < -0.39 is 6.61 Å². The van der Waals surface area contributed by atoms with Crippen molar-refractivity contribution in [1.29, 1.82) is 0 Å². The number of alkyl halides is 2. The Balaban J connectivity index is 1.96. The van der Waals surface area contributed by atoms with Crippen molar-refractivity contribution in [3.63, 3.8) is 0 Å². The third-order valence-corrected chi connectivity index (χ3v) is 3.63. The molecule has 3 aromatic rings. The minimum atomic E-state index is -2.99. The van der Waals surface area contributed by atoms with Crippen molar-refractivity contribution in [3.05, 3.63) is 54.2 Å². The molecule has 0 amide bonds. The van der Waals surface area contributed by atoms with Gasteiger partial charge in [0.15, 0.2) is 5.82 Å². The molecule has 27 heavy (non-hydrogen) atoms. The Labute approximate surface area is 154 Å². The third-order valence-electron chi connectivity index (χ3n) is 3.63. The van der Waals surface area contributed by atoms with E-state index in [1.165, 1.54) is 17.2 Å². The molecule has 1 aromatic carbocycles. The molecule has 142 valence electrons. The van der Waals surface area contributed by atoms with Crippen LogP contribution < -0.4 is 9.47 Å². The maximum Gasteiger partial charge on any atom is 0.388 e. The summed E-state index contributed by atoms with van der Waals surface area (Å²) in [6, 6.07) is 8.76. The van der Waals surface area contributed by atoms with Crippen LogP contribution in [0.5, 0.6) is 11.6 Å². The summed E-state index contributed by atoms with van der Waals surface area (Å²) in [4.78, 5) is 7.98. The highest BCUT2D eigenvalue weighted by Crippen LogP contribution is 2.32. The van der Waals surface area contributed by atoms with E-state index in [1.807, 2.05) is 6.92 Å². The monoisotopic (exact) mass is 376 g/mol. The van der Waals surface area contributed by atoms with Gasteiger partial charge >= 0.3 is 6.61 Å². The van der Waals surface area contributed by atoms with Crippen LogP contribution in [-0.4, -0.2) is 38.1 Å². The molecule has 0 saturated heterocycles. The fraction of sp³-hybridized carbons (Fsp3) is 0.278. The summed E-state index contributed by atoms with van der Waals surface area (Å²) < 4.78 is 37.1. The lowest BCUT2D eigenvalue weighted by Gasteiger charge is -2.13. The molecule has 2 aromatic heterocycles. The molecule has 0 saturated carbocycles. The van der Waals surface area contributed by atoms with Gasteiger partial charge in [-0.3, -0.25) is 0 Å². The van der Waals surface area contributed by atoms with E-state index in [2.05, 4.69) is 19.8 Å². The number of halogens is 2. The van der Waals surface area contributed by atoms with Crippen LogP contribution in [0.15, 0.2) is 42.9 Å². The Morgan fingerprint density at radius 3 is 2.78 bits per heavy atom. The molecule has 0 radical (unpaired) electrons. The summed E-state index contributed by atoms with van der Waals surface area (Å²) in [7, 11) is 0. The normalized spacial score (nSPS) is 11.0. The zero-order chi connectivity index (χ0) is 19.2. The highest BCUT2D eigenvalue weighted by atomic mass is 19.3.